The molecule has 0 aliphatic rings. The molecule has 0 saturated carbocycles. The molecule has 0 bridgehead atoms. The quantitative estimate of drug-likeness (QED) is 0.395. The third kappa shape index (κ3) is 2.27. The van der Waals surface area contributed by atoms with Crippen molar-refractivity contribution >= 4 is 11.9 Å². The molecule has 8 nitrogen and oxygen atoms in total. The second-order valence-corrected chi connectivity index (χ2v) is 2.55. The van der Waals surface area contributed by atoms with Crippen LogP contribution in [0.25, 0.3) is 0 Å². The van der Waals surface area contributed by atoms with Gasteiger partial charge in [-0.3, -0.25) is 0 Å². The highest BCUT2D eigenvalue weighted by Gasteiger charge is 2.32. The molecule has 0 aromatic carbocycles. The number of hydrogen-bond acceptors (Lipinski definition) is 7. The zero-order valence-electron chi connectivity index (χ0n) is 8.76. The van der Waals surface area contributed by atoms with Crippen molar-refractivity contribution in [2.45, 2.75) is 13.8 Å². The highest BCUT2D eigenvalue weighted by Crippen LogP contribution is 1.99. The maximum Gasteiger partial charge on any atom is 0.461 e. The number of nitrogens with zero attached hydrogens (tertiary/aromatic N) is 2. The lowest BCUT2D eigenvalue weighted by Gasteiger charge is -2.00. The van der Waals surface area contributed by atoms with Gasteiger partial charge in [0.1, 0.15) is 0 Å². The van der Waals surface area contributed by atoms with Crippen molar-refractivity contribution in [3.8, 4) is 0 Å². The Bertz CT molecular complexity index is 364. The van der Waals surface area contributed by atoms with Crippen LogP contribution in [0.3, 0.4) is 0 Å². The Hall–Kier alpha value is -2.12. The van der Waals surface area contributed by atoms with Crippen LogP contribution in [-0.2, 0) is 9.47 Å². The van der Waals surface area contributed by atoms with Crippen LogP contribution in [0.15, 0.2) is 4.52 Å². The van der Waals surface area contributed by atoms with Crippen LogP contribution in [0.1, 0.15) is 35.2 Å². The number of ether oxygens (including phenoxy) is 2. The number of hydrogen-bond donors (Lipinski definition) is 0. The number of esters is 2. The van der Waals surface area contributed by atoms with Gasteiger partial charge in [0.25, 0.3) is 0 Å². The van der Waals surface area contributed by atoms with E-state index >= 15 is 0 Å². The standard InChI is InChI=1S/C8H10N2O6/c1-3-14-7(11)5-9-16-6(10(5)13)8(12)15-4-2/h3-4H2,1-2H3. The summed E-state index contributed by atoms with van der Waals surface area (Å²) in [5.74, 6) is -3.29. The van der Waals surface area contributed by atoms with Crippen molar-refractivity contribution in [2.24, 2.45) is 0 Å². The van der Waals surface area contributed by atoms with E-state index in [-0.39, 0.29) is 17.9 Å². The first kappa shape index (κ1) is 12.0. The molecule has 8 heteroatoms. The third-order valence-corrected chi connectivity index (χ3v) is 1.50. The van der Waals surface area contributed by atoms with Crippen molar-refractivity contribution in [3.05, 3.63) is 16.9 Å². The molecule has 0 radical (unpaired) electrons. The van der Waals surface area contributed by atoms with Crippen LogP contribution < -0.4 is 4.73 Å². The van der Waals surface area contributed by atoms with E-state index in [4.69, 9.17) is 0 Å². The fourth-order valence-corrected chi connectivity index (χ4v) is 0.886. The van der Waals surface area contributed by atoms with E-state index < -0.39 is 23.7 Å². The minimum atomic E-state index is -0.986. The first-order chi connectivity index (χ1) is 7.61. The number of rotatable bonds is 4. The van der Waals surface area contributed by atoms with Gasteiger partial charge in [-0.15, -0.1) is 0 Å². The Morgan fingerprint density at radius 3 is 2.44 bits per heavy atom. The lowest BCUT2D eigenvalue weighted by atomic mass is 10.6. The summed E-state index contributed by atoms with van der Waals surface area (Å²) in [7, 11) is 0. The van der Waals surface area contributed by atoms with Crippen molar-refractivity contribution in [2.75, 3.05) is 13.2 Å². The molecule has 0 N–H and O–H groups in total. The van der Waals surface area contributed by atoms with Crippen molar-refractivity contribution in [1.82, 2.24) is 5.16 Å². The van der Waals surface area contributed by atoms with Gasteiger partial charge >= 0.3 is 23.7 Å². The molecule has 1 heterocycles. The van der Waals surface area contributed by atoms with Crippen molar-refractivity contribution < 1.29 is 28.3 Å². The van der Waals surface area contributed by atoms with E-state index in [0.29, 0.717) is 0 Å². The minimum Gasteiger partial charge on any atom is -0.707 e. The lowest BCUT2D eigenvalue weighted by molar-refractivity contribution is -0.615. The van der Waals surface area contributed by atoms with Crippen molar-refractivity contribution in [3.63, 3.8) is 0 Å². The maximum absolute atomic E-state index is 11.4. The summed E-state index contributed by atoms with van der Waals surface area (Å²) in [5.41, 5.74) is 0. The predicted octanol–water partition coefficient (Wildman–Crippen LogP) is -0.339. The topological polar surface area (TPSA) is 106 Å². The Labute approximate surface area is 90.3 Å². The number of carbonyl (C=O) groups is 2. The van der Waals surface area contributed by atoms with E-state index in [2.05, 4.69) is 19.2 Å². The lowest BCUT2D eigenvalue weighted by Crippen LogP contribution is -2.39. The van der Waals surface area contributed by atoms with E-state index in [9.17, 15) is 14.8 Å². The molecule has 0 fully saturated rings. The molecule has 0 amide bonds. The minimum absolute atomic E-state index is 0.0595. The largest absolute Gasteiger partial charge is 0.707 e. The van der Waals surface area contributed by atoms with Crippen LogP contribution in [0.2, 0.25) is 0 Å². The van der Waals surface area contributed by atoms with Gasteiger partial charge in [-0.05, 0) is 13.8 Å². The second kappa shape index (κ2) is 5.10. The highest BCUT2D eigenvalue weighted by atomic mass is 16.6. The molecule has 0 spiro atoms. The van der Waals surface area contributed by atoms with Crippen molar-refractivity contribution in [1.29, 1.82) is 0 Å². The summed E-state index contributed by atoms with van der Waals surface area (Å²) >= 11 is 0. The summed E-state index contributed by atoms with van der Waals surface area (Å²) in [6.45, 7) is 3.30. The average Bonchev–Trinajstić information content (AvgIpc) is 2.61. The van der Waals surface area contributed by atoms with Crippen LogP contribution in [-0.4, -0.2) is 30.3 Å². The SMILES string of the molecule is CCOC(=O)c1noc(C(=O)OCC)[n+]1[O-]. The molecule has 0 saturated heterocycles. The number of aromatic nitrogens is 2. The smallest absolute Gasteiger partial charge is 0.461 e. The molecule has 0 aliphatic heterocycles. The van der Waals surface area contributed by atoms with Gasteiger partial charge in [0, 0.05) is 0 Å². The van der Waals surface area contributed by atoms with Crippen LogP contribution in [0.5, 0.6) is 0 Å². The molecule has 16 heavy (non-hydrogen) atoms. The molecule has 1 aromatic rings. The Balaban J connectivity index is 2.92. The first-order valence-electron chi connectivity index (χ1n) is 4.55. The highest BCUT2D eigenvalue weighted by molar-refractivity contribution is 5.86. The first-order valence-corrected chi connectivity index (χ1v) is 4.55. The molecule has 0 unspecified atom stereocenters. The molecule has 0 atom stereocenters. The van der Waals surface area contributed by atoms with E-state index in [1.807, 2.05) is 0 Å². The Morgan fingerprint density at radius 2 is 1.88 bits per heavy atom. The molecule has 0 aliphatic carbocycles. The summed E-state index contributed by atoms with van der Waals surface area (Å²) in [5, 5.41) is 14.5. The molecule has 1 aromatic heterocycles. The van der Waals surface area contributed by atoms with Gasteiger partial charge in [0.15, 0.2) is 5.16 Å². The van der Waals surface area contributed by atoms with Gasteiger partial charge in [-0.25, -0.2) is 14.1 Å². The predicted molar refractivity (Wildman–Crippen MR) is 47.4 cm³/mol. The normalized spacial score (nSPS) is 9.88. The fourth-order valence-electron chi connectivity index (χ4n) is 0.886. The summed E-state index contributed by atoms with van der Waals surface area (Å²) < 4.78 is 13.4. The van der Waals surface area contributed by atoms with Crippen LogP contribution >= 0.6 is 0 Å². The maximum atomic E-state index is 11.4. The van der Waals surface area contributed by atoms with Crippen LogP contribution in [0, 0.1) is 5.21 Å². The van der Waals surface area contributed by atoms with Gasteiger partial charge in [0.2, 0.25) is 0 Å². The van der Waals surface area contributed by atoms with E-state index in [1.54, 1.807) is 13.8 Å². The van der Waals surface area contributed by atoms with Gasteiger partial charge in [-0.2, -0.15) is 4.73 Å². The van der Waals surface area contributed by atoms with E-state index in [0.717, 1.165) is 0 Å². The zero-order valence-corrected chi connectivity index (χ0v) is 8.76. The second-order valence-electron chi connectivity index (χ2n) is 2.55. The third-order valence-electron chi connectivity index (χ3n) is 1.50. The molecular weight excluding hydrogens is 220 g/mol. The molecule has 88 valence electrons. The average molecular weight is 230 g/mol. The van der Waals surface area contributed by atoms with Gasteiger partial charge in [0.05, 0.1) is 13.2 Å². The van der Waals surface area contributed by atoms with Gasteiger partial charge in [-0.1, -0.05) is 0 Å². The number of carbonyl (C=O) groups excluding carboxylic acids is 2. The fraction of sp³-hybridized carbons (Fsp3) is 0.500. The Morgan fingerprint density at radius 1 is 1.31 bits per heavy atom. The Kier molecular flexibility index (Phi) is 3.81. The van der Waals surface area contributed by atoms with Crippen LogP contribution in [0.4, 0.5) is 0 Å². The monoisotopic (exact) mass is 230 g/mol. The molecule has 1 rings (SSSR count). The summed E-state index contributed by atoms with van der Waals surface area (Å²) in [6.07, 6.45) is 0. The summed E-state index contributed by atoms with van der Waals surface area (Å²) in [4.78, 5) is 22.3. The zero-order chi connectivity index (χ0) is 12.1. The van der Waals surface area contributed by atoms with Gasteiger partial charge < -0.3 is 14.7 Å². The summed E-state index contributed by atoms with van der Waals surface area (Å²) in [6, 6.07) is 0. The van der Waals surface area contributed by atoms with E-state index in [1.165, 1.54) is 0 Å². The molecular formula is C8H10N2O6.